The van der Waals surface area contributed by atoms with Gasteiger partial charge in [-0.3, -0.25) is 14.3 Å². The summed E-state index contributed by atoms with van der Waals surface area (Å²) in [5.41, 5.74) is 0. The van der Waals surface area contributed by atoms with Crippen LogP contribution in [0.25, 0.3) is 0 Å². The molecule has 0 aromatic carbocycles. The molecule has 2 rings (SSSR count). The van der Waals surface area contributed by atoms with Crippen molar-refractivity contribution in [3.8, 4) is 0 Å². The van der Waals surface area contributed by atoms with Crippen LogP contribution in [0.2, 0.25) is 0 Å². The number of nitrogens with zero attached hydrogens (tertiary/aromatic N) is 3. The molecule has 0 unspecified atom stereocenters. The SMILES string of the molecule is O=C(O)[C@@H]1CN(C(=O)CCn2cccn2)C[C@H]1C(F)(F)F. The van der Waals surface area contributed by atoms with E-state index in [1.165, 1.54) is 10.9 Å². The van der Waals surface area contributed by atoms with Gasteiger partial charge in [0.25, 0.3) is 0 Å². The van der Waals surface area contributed by atoms with E-state index in [0.717, 1.165) is 4.90 Å². The Morgan fingerprint density at radius 1 is 1.33 bits per heavy atom. The molecule has 1 fully saturated rings. The maximum atomic E-state index is 12.8. The second-order valence-electron chi connectivity index (χ2n) is 4.91. The Balaban J connectivity index is 1.98. The standard InChI is InChI=1S/C12H14F3N3O3/c13-12(14,15)9-7-17(6-8(9)11(20)21)10(19)2-5-18-4-1-3-16-18/h1,3-4,8-9H,2,5-7H2,(H,20,21)/t8-,9-/m1/s1. The number of hydrogen-bond donors (Lipinski definition) is 1. The molecule has 0 spiro atoms. The van der Waals surface area contributed by atoms with Crippen molar-refractivity contribution < 1.29 is 27.9 Å². The van der Waals surface area contributed by atoms with Crippen LogP contribution in [0, 0.1) is 11.8 Å². The molecule has 0 radical (unpaired) electrons. The van der Waals surface area contributed by atoms with Crippen LogP contribution in [0.3, 0.4) is 0 Å². The van der Waals surface area contributed by atoms with Crippen molar-refractivity contribution in [1.82, 2.24) is 14.7 Å². The molecular weight excluding hydrogens is 291 g/mol. The zero-order valence-corrected chi connectivity index (χ0v) is 11.0. The largest absolute Gasteiger partial charge is 0.481 e. The van der Waals surface area contributed by atoms with Crippen LogP contribution in [0.5, 0.6) is 0 Å². The second-order valence-corrected chi connectivity index (χ2v) is 4.91. The van der Waals surface area contributed by atoms with Crippen molar-refractivity contribution in [2.24, 2.45) is 11.8 Å². The van der Waals surface area contributed by atoms with Crippen LogP contribution in [0.4, 0.5) is 13.2 Å². The number of halogens is 3. The first-order chi connectivity index (χ1) is 9.79. The van der Waals surface area contributed by atoms with Crippen molar-refractivity contribution >= 4 is 11.9 Å². The van der Waals surface area contributed by atoms with Crippen LogP contribution < -0.4 is 0 Å². The minimum absolute atomic E-state index is 0.0153. The molecule has 1 aromatic rings. The van der Waals surface area contributed by atoms with E-state index in [2.05, 4.69) is 5.10 Å². The summed E-state index contributed by atoms with van der Waals surface area (Å²) in [6.45, 7) is -0.757. The highest BCUT2D eigenvalue weighted by Gasteiger charge is 2.53. The van der Waals surface area contributed by atoms with Gasteiger partial charge in [-0.1, -0.05) is 0 Å². The minimum atomic E-state index is -4.62. The van der Waals surface area contributed by atoms with Gasteiger partial charge >= 0.3 is 12.1 Å². The molecule has 1 aliphatic heterocycles. The van der Waals surface area contributed by atoms with Crippen molar-refractivity contribution in [3.63, 3.8) is 0 Å². The monoisotopic (exact) mass is 305 g/mol. The number of carbonyl (C=O) groups is 2. The zero-order chi connectivity index (χ0) is 15.6. The quantitative estimate of drug-likeness (QED) is 0.900. The number of aryl methyl sites for hydroxylation is 1. The van der Waals surface area contributed by atoms with Crippen LogP contribution in [0.1, 0.15) is 6.42 Å². The first-order valence-electron chi connectivity index (χ1n) is 6.33. The highest BCUT2D eigenvalue weighted by Crippen LogP contribution is 2.37. The van der Waals surface area contributed by atoms with Gasteiger partial charge in [0, 0.05) is 38.4 Å². The summed E-state index contributed by atoms with van der Waals surface area (Å²) in [4.78, 5) is 23.8. The van der Waals surface area contributed by atoms with Gasteiger partial charge < -0.3 is 10.0 Å². The predicted molar refractivity (Wildman–Crippen MR) is 64.1 cm³/mol. The summed E-state index contributed by atoms with van der Waals surface area (Å²) < 4.78 is 39.9. The molecule has 1 aliphatic rings. The van der Waals surface area contributed by atoms with Gasteiger partial charge in [0.1, 0.15) is 0 Å². The van der Waals surface area contributed by atoms with Gasteiger partial charge in [0.05, 0.1) is 11.8 Å². The molecule has 1 aromatic heterocycles. The third kappa shape index (κ3) is 3.53. The van der Waals surface area contributed by atoms with Gasteiger partial charge in [0.2, 0.25) is 5.91 Å². The molecule has 6 nitrogen and oxygen atoms in total. The first kappa shape index (κ1) is 15.3. The average Bonchev–Trinajstić information content (AvgIpc) is 3.04. The predicted octanol–water partition coefficient (Wildman–Crippen LogP) is 0.995. The van der Waals surface area contributed by atoms with Gasteiger partial charge in [-0.05, 0) is 6.07 Å². The van der Waals surface area contributed by atoms with E-state index in [1.54, 1.807) is 12.3 Å². The second kappa shape index (κ2) is 5.74. The Morgan fingerprint density at radius 3 is 2.52 bits per heavy atom. The Morgan fingerprint density at radius 2 is 2.05 bits per heavy atom. The van der Waals surface area contributed by atoms with Crippen LogP contribution in [-0.2, 0) is 16.1 Å². The molecule has 9 heteroatoms. The Kier molecular flexibility index (Phi) is 4.19. The van der Waals surface area contributed by atoms with E-state index in [4.69, 9.17) is 5.11 Å². The average molecular weight is 305 g/mol. The fraction of sp³-hybridized carbons (Fsp3) is 0.583. The van der Waals surface area contributed by atoms with E-state index in [0.29, 0.717) is 0 Å². The Bertz CT molecular complexity index is 516. The summed E-state index contributed by atoms with van der Waals surface area (Å²) in [5.74, 6) is -5.63. The Labute approximate surface area is 118 Å². The van der Waals surface area contributed by atoms with Crippen molar-refractivity contribution in [2.75, 3.05) is 13.1 Å². The summed E-state index contributed by atoms with van der Waals surface area (Å²) >= 11 is 0. The van der Waals surface area contributed by atoms with E-state index in [-0.39, 0.29) is 13.0 Å². The zero-order valence-electron chi connectivity index (χ0n) is 11.0. The number of aliphatic carboxylic acids is 1. The maximum Gasteiger partial charge on any atom is 0.394 e. The fourth-order valence-corrected chi connectivity index (χ4v) is 2.39. The molecule has 2 atom stereocenters. The highest BCUT2D eigenvalue weighted by molar-refractivity contribution is 5.79. The fourth-order valence-electron chi connectivity index (χ4n) is 2.39. The number of carbonyl (C=O) groups excluding carboxylic acids is 1. The summed E-state index contributed by atoms with van der Waals surface area (Å²) in [6.07, 6.45) is -1.48. The van der Waals surface area contributed by atoms with Gasteiger partial charge in [0.15, 0.2) is 0 Å². The van der Waals surface area contributed by atoms with E-state index < -0.39 is 43.0 Å². The summed E-state index contributed by atoms with van der Waals surface area (Å²) in [6, 6.07) is 1.67. The van der Waals surface area contributed by atoms with Crippen molar-refractivity contribution in [3.05, 3.63) is 18.5 Å². The molecule has 116 valence electrons. The number of alkyl halides is 3. The normalized spacial score (nSPS) is 22.5. The lowest BCUT2D eigenvalue weighted by atomic mass is 9.96. The van der Waals surface area contributed by atoms with Crippen LogP contribution >= 0.6 is 0 Å². The maximum absolute atomic E-state index is 12.8. The number of carboxylic acids is 1. The minimum Gasteiger partial charge on any atom is -0.481 e. The lowest BCUT2D eigenvalue weighted by Gasteiger charge is -2.18. The molecule has 1 amide bonds. The molecule has 1 saturated heterocycles. The number of aromatic nitrogens is 2. The molecule has 2 heterocycles. The van der Waals surface area contributed by atoms with Crippen LogP contribution in [-0.4, -0.2) is 50.9 Å². The number of likely N-dealkylation sites (tertiary alicyclic amines) is 1. The number of rotatable bonds is 4. The lowest BCUT2D eigenvalue weighted by molar-refractivity contribution is -0.188. The molecule has 0 bridgehead atoms. The molecule has 1 N–H and O–H groups in total. The third-order valence-electron chi connectivity index (χ3n) is 3.52. The number of amides is 1. The van der Waals surface area contributed by atoms with E-state index >= 15 is 0 Å². The summed E-state index contributed by atoms with van der Waals surface area (Å²) in [7, 11) is 0. The lowest BCUT2D eigenvalue weighted by Crippen LogP contribution is -2.34. The van der Waals surface area contributed by atoms with E-state index in [1.807, 2.05) is 0 Å². The summed E-state index contributed by atoms with van der Waals surface area (Å²) in [5, 5.41) is 12.8. The van der Waals surface area contributed by atoms with Gasteiger partial charge in [-0.15, -0.1) is 0 Å². The Hall–Kier alpha value is -2.06. The smallest absolute Gasteiger partial charge is 0.394 e. The molecule has 0 saturated carbocycles. The first-order valence-corrected chi connectivity index (χ1v) is 6.33. The molecule has 0 aliphatic carbocycles. The molecule has 21 heavy (non-hydrogen) atoms. The van der Waals surface area contributed by atoms with Gasteiger partial charge in [-0.25, -0.2) is 0 Å². The molecular formula is C12H14F3N3O3. The third-order valence-corrected chi connectivity index (χ3v) is 3.52. The van der Waals surface area contributed by atoms with Crippen molar-refractivity contribution in [1.29, 1.82) is 0 Å². The van der Waals surface area contributed by atoms with Gasteiger partial charge in [-0.2, -0.15) is 18.3 Å². The highest BCUT2D eigenvalue weighted by atomic mass is 19.4. The number of carboxylic acid groups (broad SMARTS) is 1. The number of hydrogen-bond acceptors (Lipinski definition) is 3. The van der Waals surface area contributed by atoms with Crippen LogP contribution in [0.15, 0.2) is 18.5 Å². The van der Waals surface area contributed by atoms with E-state index in [9.17, 15) is 22.8 Å². The topological polar surface area (TPSA) is 75.4 Å². The van der Waals surface area contributed by atoms with Crippen molar-refractivity contribution in [2.45, 2.75) is 19.1 Å².